The first kappa shape index (κ1) is 20.2. The highest BCUT2D eigenvalue weighted by atomic mass is 19.4. The van der Waals surface area contributed by atoms with E-state index in [1.807, 2.05) is 0 Å². The molecule has 4 heterocycles. The zero-order chi connectivity index (χ0) is 22.6. The highest BCUT2D eigenvalue weighted by molar-refractivity contribution is 6.21. The van der Waals surface area contributed by atoms with Gasteiger partial charge in [-0.15, -0.1) is 0 Å². The summed E-state index contributed by atoms with van der Waals surface area (Å²) in [6.07, 6.45) is -3.21. The Morgan fingerprint density at radius 1 is 1.03 bits per heavy atom. The number of pyridine rings is 2. The molecular formula is C21H15F4N5O2. The minimum absolute atomic E-state index is 0.101. The van der Waals surface area contributed by atoms with E-state index in [2.05, 4.69) is 9.97 Å². The summed E-state index contributed by atoms with van der Waals surface area (Å²) in [5, 5.41) is 0.410. The van der Waals surface area contributed by atoms with Crippen molar-refractivity contribution in [1.82, 2.24) is 14.9 Å². The number of hydrogen-bond donors (Lipinski definition) is 0. The molecule has 0 spiro atoms. The number of nitrogens with zero attached hydrogens (tertiary/aromatic N) is 5. The average molecular weight is 445 g/mol. The molecule has 0 aliphatic carbocycles. The van der Waals surface area contributed by atoms with Crippen LogP contribution >= 0.6 is 0 Å². The van der Waals surface area contributed by atoms with Crippen LogP contribution in [0.1, 0.15) is 5.69 Å². The Labute approximate surface area is 178 Å². The van der Waals surface area contributed by atoms with Gasteiger partial charge in [-0.05, 0) is 36.4 Å². The maximum Gasteiger partial charge on any atom is 0.433 e. The van der Waals surface area contributed by atoms with Crippen LogP contribution in [0.15, 0.2) is 48.7 Å². The molecule has 32 heavy (non-hydrogen) atoms. The quantitative estimate of drug-likeness (QED) is 0.447. The van der Waals surface area contributed by atoms with E-state index in [0.717, 1.165) is 17.0 Å². The fourth-order valence-electron chi connectivity index (χ4n) is 4.09. The number of benzene rings is 1. The van der Waals surface area contributed by atoms with Crippen molar-refractivity contribution in [2.24, 2.45) is 0 Å². The van der Waals surface area contributed by atoms with Crippen LogP contribution in [0.25, 0.3) is 10.9 Å². The van der Waals surface area contributed by atoms with E-state index in [1.165, 1.54) is 41.4 Å². The van der Waals surface area contributed by atoms with Gasteiger partial charge < -0.3 is 9.80 Å². The maximum atomic E-state index is 13.6. The van der Waals surface area contributed by atoms with Gasteiger partial charge in [-0.2, -0.15) is 13.2 Å². The summed E-state index contributed by atoms with van der Waals surface area (Å²) in [7, 11) is 0. The average Bonchev–Trinajstić information content (AvgIpc) is 3.02. The normalized spacial score (nSPS) is 19.1. The van der Waals surface area contributed by atoms with E-state index in [4.69, 9.17) is 0 Å². The number of anilines is 2. The largest absolute Gasteiger partial charge is 0.433 e. The first-order valence-corrected chi connectivity index (χ1v) is 9.72. The van der Waals surface area contributed by atoms with Gasteiger partial charge in [0.05, 0.1) is 11.2 Å². The molecule has 2 saturated heterocycles. The molecule has 5 rings (SSSR count). The monoisotopic (exact) mass is 445 g/mol. The van der Waals surface area contributed by atoms with Crippen molar-refractivity contribution in [1.29, 1.82) is 0 Å². The van der Waals surface area contributed by atoms with Crippen molar-refractivity contribution in [2.75, 3.05) is 29.4 Å². The SMILES string of the molecule is O=C1C2CN(c3nccc4nc(C(F)(F)F)ccc34)CCN2C(=O)N1c1cccc(F)c1. The van der Waals surface area contributed by atoms with E-state index >= 15 is 0 Å². The number of piperazine rings is 1. The van der Waals surface area contributed by atoms with Crippen molar-refractivity contribution in [2.45, 2.75) is 12.2 Å². The van der Waals surface area contributed by atoms with Crippen LogP contribution < -0.4 is 9.80 Å². The Morgan fingerprint density at radius 3 is 2.59 bits per heavy atom. The molecule has 1 atom stereocenters. The number of imide groups is 1. The van der Waals surface area contributed by atoms with E-state index in [1.54, 1.807) is 4.90 Å². The van der Waals surface area contributed by atoms with Crippen LogP contribution in [-0.4, -0.2) is 52.5 Å². The molecule has 1 unspecified atom stereocenters. The first-order chi connectivity index (χ1) is 15.2. The lowest BCUT2D eigenvalue weighted by Gasteiger charge is -2.36. The van der Waals surface area contributed by atoms with Gasteiger partial charge in [0.2, 0.25) is 0 Å². The van der Waals surface area contributed by atoms with Gasteiger partial charge in [-0.25, -0.2) is 24.1 Å². The van der Waals surface area contributed by atoms with Crippen molar-refractivity contribution in [3.63, 3.8) is 0 Å². The van der Waals surface area contributed by atoms with E-state index in [9.17, 15) is 27.2 Å². The molecule has 0 saturated carbocycles. The minimum atomic E-state index is -4.57. The van der Waals surface area contributed by atoms with Crippen LogP contribution in [0, 0.1) is 5.82 Å². The number of carbonyl (C=O) groups is 2. The molecule has 2 aliphatic heterocycles. The molecule has 3 amide bonds. The lowest BCUT2D eigenvalue weighted by molar-refractivity contribution is -0.141. The van der Waals surface area contributed by atoms with Gasteiger partial charge >= 0.3 is 12.2 Å². The lowest BCUT2D eigenvalue weighted by atomic mass is 10.1. The van der Waals surface area contributed by atoms with Crippen LogP contribution in [0.3, 0.4) is 0 Å². The number of hydrogen-bond acceptors (Lipinski definition) is 5. The van der Waals surface area contributed by atoms with Crippen molar-refractivity contribution in [3.8, 4) is 0 Å². The van der Waals surface area contributed by atoms with Crippen molar-refractivity contribution >= 4 is 34.3 Å². The predicted molar refractivity (Wildman–Crippen MR) is 107 cm³/mol. The van der Waals surface area contributed by atoms with Gasteiger partial charge in [-0.3, -0.25) is 4.79 Å². The Hall–Kier alpha value is -3.76. The molecule has 2 aromatic heterocycles. The highest BCUT2D eigenvalue weighted by Gasteiger charge is 2.48. The molecule has 0 bridgehead atoms. The van der Waals surface area contributed by atoms with Crippen LogP contribution in [0.2, 0.25) is 0 Å². The number of amides is 3. The molecule has 2 fully saturated rings. The predicted octanol–water partition coefficient (Wildman–Crippen LogP) is 3.45. The molecule has 164 valence electrons. The second-order valence-corrected chi connectivity index (χ2v) is 7.49. The van der Waals surface area contributed by atoms with Gasteiger partial charge in [0.25, 0.3) is 5.91 Å². The number of halogens is 4. The van der Waals surface area contributed by atoms with E-state index in [-0.39, 0.29) is 24.3 Å². The summed E-state index contributed by atoms with van der Waals surface area (Å²) in [5.41, 5.74) is -0.732. The lowest BCUT2D eigenvalue weighted by Crippen LogP contribution is -2.53. The standard InChI is InChI=1S/C21H15F4N5O2/c22-12-2-1-3-13(10-12)30-19(31)16-11-28(8-9-29(16)20(30)32)18-14-4-5-17(21(23,24)25)27-15(14)6-7-26-18/h1-7,10,16H,8-9,11H2. The third-order valence-corrected chi connectivity index (χ3v) is 5.57. The number of urea groups is 1. The number of aromatic nitrogens is 2. The Kier molecular flexibility index (Phi) is 4.50. The van der Waals surface area contributed by atoms with E-state index in [0.29, 0.717) is 17.7 Å². The summed E-state index contributed by atoms with van der Waals surface area (Å²) in [6.45, 7) is 0.621. The number of carbonyl (C=O) groups excluding carboxylic acids is 2. The number of rotatable bonds is 2. The Bertz CT molecular complexity index is 1250. The van der Waals surface area contributed by atoms with Gasteiger partial charge in [0.1, 0.15) is 23.4 Å². The second-order valence-electron chi connectivity index (χ2n) is 7.49. The first-order valence-electron chi connectivity index (χ1n) is 9.72. The smallest absolute Gasteiger partial charge is 0.352 e. The van der Waals surface area contributed by atoms with Crippen LogP contribution in [-0.2, 0) is 11.0 Å². The summed E-state index contributed by atoms with van der Waals surface area (Å²) >= 11 is 0. The molecule has 11 heteroatoms. The summed E-state index contributed by atoms with van der Waals surface area (Å²) in [4.78, 5) is 37.9. The highest BCUT2D eigenvalue weighted by Crippen LogP contribution is 2.33. The zero-order valence-electron chi connectivity index (χ0n) is 16.4. The Morgan fingerprint density at radius 2 is 1.84 bits per heavy atom. The van der Waals surface area contributed by atoms with Gasteiger partial charge in [0, 0.05) is 31.2 Å². The van der Waals surface area contributed by atoms with Gasteiger partial charge in [-0.1, -0.05) is 6.07 Å². The fourth-order valence-corrected chi connectivity index (χ4v) is 4.09. The molecule has 7 nitrogen and oxygen atoms in total. The molecule has 0 N–H and O–H groups in total. The zero-order valence-corrected chi connectivity index (χ0v) is 16.4. The molecule has 3 aromatic rings. The number of fused-ring (bicyclic) bond motifs is 2. The van der Waals surface area contributed by atoms with Gasteiger partial charge in [0.15, 0.2) is 0 Å². The molecule has 0 radical (unpaired) electrons. The summed E-state index contributed by atoms with van der Waals surface area (Å²) in [5.74, 6) is -0.684. The van der Waals surface area contributed by atoms with E-state index < -0.39 is 35.7 Å². The van der Waals surface area contributed by atoms with Crippen LogP contribution in [0.4, 0.5) is 33.9 Å². The maximum absolute atomic E-state index is 13.6. The minimum Gasteiger partial charge on any atom is -0.352 e. The topological polar surface area (TPSA) is 69.6 Å². The fraction of sp³-hybridized carbons (Fsp3) is 0.238. The number of alkyl halides is 3. The van der Waals surface area contributed by atoms with Crippen molar-refractivity contribution < 1.29 is 27.2 Å². The molecule has 2 aliphatic rings. The third-order valence-electron chi connectivity index (χ3n) is 5.57. The molecule has 1 aromatic carbocycles. The van der Waals surface area contributed by atoms with Crippen molar-refractivity contribution in [3.05, 3.63) is 60.2 Å². The molecular weight excluding hydrogens is 430 g/mol. The summed E-state index contributed by atoms with van der Waals surface area (Å²) in [6, 6.07) is 7.45. The van der Waals surface area contributed by atoms with Crippen LogP contribution in [0.5, 0.6) is 0 Å². The third kappa shape index (κ3) is 3.20. The Balaban J connectivity index is 1.46. The second kappa shape index (κ2) is 7.14. The summed E-state index contributed by atoms with van der Waals surface area (Å²) < 4.78 is 52.6.